The SMILES string of the molecule is O=C(OCC(=O)N1CCN(C(=O)c2cccs2)CC1)c1ccccc1OC(F)F. The molecule has 0 unspecified atom stereocenters. The first-order valence-electron chi connectivity index (χ1n) is 8.77. The van der Waals surface area contributed by atoms with Crippen molar-refractivity contribution in [3.63, 3.8) is 0 Å². The Hall–Kier alpha value is -3.01. The summed E-state index contributed by atoms with van der Waals surface area (Å²) in [5.74, 6) is -1.75. The maximum atomic E-state index is 12.4. The summed E-state index contributed by atoms with van der Waals surface area (Å²) in [6.07, 6.45) is 0. The predicted octanol–water partition coefficient (Wildman–Crippen LogP) is 2.49. The third kappa shape index (κ3) is 5.29. The van der Waals surface area contributed by atoms with Crippen LogP contribution >= 0.6 is 11.3 Å². The molecule has 1 aliphatic rings. The lowest BCUT2D eigenvalue weighted by Crippen LogP contribution is -2.51. The molecule has 1 aromatic carbocycles. The fourth-order valence-electron chi connectivity index (χ4n) is 2.85. The molecule has 154 valence electrons. The first kappa shape index (κ1) is 20.7. The van der Waals surface area contributed by atoms with E-state index < -0.39 is 25.1 Å². The van der Waals surface area contributed by atoms with E-state index in [1.807, 2.05) is 5.38 Å². The van der Waals surface area contributed by atoms with Gasteiger partial charge in [0.05, 0.1) is 4.88 Å². The van der Waals surface area contributed by atoms with Crippen molar-refractivity contribution in [1.29, 1.82) is 0 Å². The van der Waals surface area contributed by atoms with Gasteiger partial charge in [0.1, 0.15) is 11.3 Å². The normalized spacial score (nSPS) is 14.0. The highest BCUT2D eigenvalue weighted by Gasteiger charge is 2.26. The summed E-state index contributed by atoms with van der Waals surface area (Å²) in [6.45, 7) is -2.22. The number of amides is 2. The Bertz CT molecular complexity index is 867. The van der Waals surface area contributed by atoms with E-state index in [2.05, 4.69) is 4.74 Å². The van der Waals surface area contributed by atoms with E-state index in [0.29, 0.717) is 31.1 Å². The van der Waals surface area contributed by atoms with Crippen LogP contribution in [-0.4, -0.2) is 67.0 Å². The molecule has 0 aliphatic carbocycles. The van der Waals surface area contributed by atoms with Gasteiger partial charge < -0.3 is 19.3 Å². The molecular formula is C19H18F2N2O5S. The van der Waals surface area contributed by atoms with Gasteiger partial charge in [-0.25, -0.2) is 4.79 Å². The van der Waals surface area contributed by atoms with Crippen molar-refractivity contribution in [3.8, 4) is 5.75 Å². The number of hydrogen-bond acceptors (Lipinski definition) is 6. The number of carbonyl (C=O) groups excluding carboxylic acids is 3. The molecule has 0 radical (unpaired) electrons. The zero-order valence-corrected chi connectivity index (χ0v) is 16.1. The second kappa shape index (κ2) is 9.46. The number of rotatable bonds is 6. The maximum Gasteiger partial charge on any atom is 0.387 e. The zero-order valence-electron chi connectivity index (χ0n) is 15.3. The van der Waals surface area contributed by atoms with E-state index in [0.717, 1.165) is 0 Å². The number of ether oxygens (including phenoxy) is 2. The summed E-state index contributed by atoms with van der Waals surface area (Å²) in [5.41, 5.74) is -0.188. The van der Waals surface area contributed by atoms with Gasteiger partial charge in [-0.3, -0.25) is 9.59 Å². The minimum Gasteiger partial charge on any atom is -0.452 e. The average molecular weight is 424 g/mol. The van der Waals surface area contributed by atoms with Crippen molar-refractivity contribution in [2.75, 3.05) is 32.8 Å². The minimum absolute atomic E-state index is 0.0748. The average Bonchev–Trinajstić information content (AvgIpc) is 3.26. The summed E-state index contributed by atoms with van der Waals surface area (Å²) in [7, 11) is 0. The van der Waals surface area contributed by atoms with Crippen LogP contribution in [0.4, 0.5) is 8.78 Å². The lowest BCUT2D eigenvalue weighted by molar-refractivity contribution is -0.136. The molecular weight excluding hydrogens is 406 g/mol. The van der Waals surface area contributed by atoms with E-state index >= 15 is 0 Å². The van der Waals surface area contributed by atoms with Crippen LogP contribution in [0.1, 0.15) is 20.0 Å². The number of hydrogen-bond donors (Lipinski definition) is 0. The predicted molar refractivity (Wildman–Crippen MR) is 100 cm³/mol. The van der Waals surface area contributed by atoms with E-state index in [1.165, 1.54) is 40.5 Å². The van der Waals surface area contributed by atoms with Crippen molar-refractivity contribution >= 4 is 29.1 Å². The molecule has 7 nitrogen and oxygen atoms in total. The van der Waals surface area contributed by atoms with Crippen LogP contribution in [-0.2, 0) is 9.53 Å². The minimum atomic E-state index is -3.08. The fourth-order valence-corrected chi connectivity index (χ4v) is 3.54. The van der Waals surface area contributed by atoms with Gasteiger partial charge in [0.15, 0.2) is 6.61 Å². The zero-order chi connectivity index (χ0) is 20.8. The summed E-state index contributed by atoms with van der Waals surface area (Å²) in [4.78, 5) is 40.6. The number of halogens is 2. The molecule has 0 N–H and O–H groups in total. The van der Waals surface area contributed by atoms with Gasteiger partial charge in [-0.1, -0.05) is 18.2 Å². The number of benzene rings is 1. The number of piperazine rings is 1. The van der Waals surface area contributed by atoms with Crippen molar-refractivity contribution in [3.05, 3.63) is 52.2 Å². The molecule has 1 aliphatic heterocycles. The van der Waals surface area contributed by atoms with Crippen molar-refractivity contribution in [2.24, 2.45) is 0 Å². The quantitative estimate of drug-likeness (QED) is 0.666. The van der Waals surface area contributed by atoms with Crippen molar-refractivity contribution in [1.82, 2.24) is 9.80 Å². The summed E-state index contributed by atoms with van der Waals surface area (Å²) >= 11 is 1.36. The summed E-state index contributed by atoms with van der Waals surface area (Å²) in [5, 5.41) is 1.83. The fraction of sp³-hybridized carbons (Fsp3) is 0.316. The van der Waals surface area contributed by atoms with Crippen LogP contribution in [0.25, 0.3) is 0 Å². The third-order valence-corrected chi connectivity index (χ3v) is 5.16. The first-order chi connectivity index (χ1) is 14.0. The first-order valence-corrected chi connectivity index (χ1v) is 9.65. The van der Waals surface area contributed by atoms with Crippen LogP contribution in [0, 0.1) is 0 Å². The summed E-state index contributed by atoms with van der Waals surface area (Å²) < 4.78 is 34.1. The van der Waals surface area contributed by atoms with Crippen LogP contribution in [0.5, 0.6) is 5.75 Å². The van der Waals surface area contributed by atoms with Crippen LogP contribution in [0.2, 0.25) is 0 Å². The maximum absolute atomic E-state index is 12.4. The lowest BCUT2D eigenvalue weighted by atomic mass is 10.2. The van der Waals surface area contributed by atoms with Gasteiger partial charge >= 0.3 is 12.6 Å². The highest BCUT2D eigenvalue weighted by atomic mass is 32.1. The third-order valence-electron chi connectivity index (χ3n) is 4.30. The van der Waals surface area contributed by atoms with E-state index in [1.54, 1.807) is 17.0 Å². The lowest BCUT2D eigenvalue weighted by Gasteiger charge is -2.34. The number of thiophene rings is 1. The molecule has 1 aromatic heterocycles. The van der Waals surface area contributed by atoms with Crippen LogP contribution in [0.15, 0.2) is 41.8 Å². The Balaban J connectivity index is 1.49. The molecule has 3 rings (SSSR count). The Labute approximate surface area is 169 Å². The second-order valence-electron chi connectivity index (χ2n) is 6.10. The monoisotopic (exact) mass is 424 g/mol. The van der Waals surface area contributed by atoms with Crippen molar-refractivity contribution in [2.45, 2.75) is 6.61 Å². The Morgan fingerprint density at radius 3 is 2.34 bits per heavy atom. The highest BCUT2D eigenvalue weighted by molar-refractivity contribution is 7.12. The van der Waals surface area contributed by atoms with Crippen molar-refractivity contribution < 1.29 is 32.6 Å². The standard InChI is InChI=1S/C19H18F2N2O5S/c20-19(21)28-14-5-2-1-4-13(14)18(26)27-12-16(24)22-7-9-23(10-8-22)17(25)15-6-3-11-29-15/h1-6,11,19H,7-10,12H2. The van der Waals surface area contributed by atoms with Crippen LogP contribution < -0.4 is 4.74 Å². The number of nitrogens with zero attached hydrogens (tertiary/aromatic N) is 2. The van der Waals surface area contributed by atoms with Gasteiger partial charge in [-0.15, -0.1) is 11.3 Å². The topological polar surface area (TPSA) is 76.2 Å². The molecule has 2 aromatic rings. The van der Waals surface area contributed by atoms with Gasteiger partial charge in [-0.05, 0) is 23.6 Å². The number of esters is 1. The van der Waals surface area contributed by atoms with Gasteiger partial charge in [-0.2, -0.15) is 8.78 Å². The number of alkyl halides is 2. The smallest absolute Gasteiger partial charge is 0.387 e. The summed E-state index contributed by atoms with van der Waals surface area (Å²) in [6, 6.07) is 8.96. The largest absolute Gasteiger partial charge is 0.452 e. The molecule has 1 saturated heterocycles. The molecule has 2 amide bonds. The number of para-hydroxylation sites is 1. The highest BCUT2D eigenvalue weighted by Crippen LogP contribution is 2.21. The second-order valence-corrected chi connectivity index (χ2v) is 7.05. The van der Waals surface area contributed by atoms with Gasteiger partial charge in [0, 0.05) is 26.2 Å². The molecule has 0 atom stereocenters. The Morgan fingerprint density at radius 2 is 1.69 bits per heavy atom. The molecule has 29 heavy (non-hydrogen) atoms. The van der Waals surface area contributed by atoms with Gasteiger partial charge in [0.2, 0.25) is 0 Å². The molecule has 2 heterocycles. The van der Waals surface area contributed by atoms with Gasteiger partial charge in [0.25, 0.3) is 11.8 Å². The van der Waals surface area contributed by atoms with E-state index in [9.17, 15) is 23.2 Å². The van der Waals surface area contributed by atoms with E-state index in [-0.39, 0.29) is 17.2 Å². The van der Waals surface area contributed by atoms with E-state index in [4.69, 9.17) is 4.74 Å². The molecule has 0 saturated carbocycles. The molecule has 0 spiro atoms. The molecule has 1 fully saturated rings. The molecule has 10 heteroatoms. The Kier molecular flexibility index (Phi) is 6.76. The molecule has 0 bridgehead atoms. The number of carbonyl (C=O) groups is 3. The Morgan fingerprint density at radius 1 is 1.00 bits per heavy atom. The van der Waals surface area contributed by atoms with Crippen LogP contribution in [0.3, 0.4) is 0 Å².